The summed E-state index contributed by atoms with van der Waals surface area (Å²) in [7, 11) is -3.40. The molecule has 8 heteroatoms. The molecule has 19 heavy (non-hydrogen) atoms. The van der Waals surface area contributed by atoms with E-state index in [1.807, 2.05) is 13.0 Å². The predicted molar refractivity (Wildman–Crippen MR) is 72.7 cm³/mol. The molecule has 2 heterocycles. The molecule has 2 N–H and O–H groups in total. The average molecular weight is 304 g/mol. The molecule has 1 fully saturated rings. The molecule has 1 aliphatic heterocycles. The van der Waals surface area contributed by atoms with E-state index in [1.165, 1.54) is 16.2 Å². The van der Waals surface area contributed by atoms with E-state index in [4.69, 9.17) is 0 Å². The van der Waals surface area contributed by atoms with Crippen LogP contribution in [0.1, 0.15) is 14.5 Å². The number of β-amino-alcohol motifs (C(OH)–C–C–N with tert-alkyl or cyclic N) is 1. The lowest BCUT2D eigenvalue weighted by atomic mass is 10.2. The fourth-order valence-electron chi connectivity index (χ4n) is 2.05. The van der Waals surface area contributed by atoms with Crippen molar-refractivity contribution >= 4 is 27.3 Å². The molecule has 2 rings (SSSR count). The smallest absolute Gasteiger partial charge is 0.264 e. The number of hydrogen-bond acceptors (Lipinski definition) is 5. The Balaban J connectivity index is 2.06. The van der Waals surface area contributed by atoms with Gasteiger partial charge in [0.05, 0.1) is 23.3 Å². The van der Waals surface area contributed by atoms with Crippen LogP contribution >= 0.6 is 11.3 Å². The number of carbonyl (C=O) groups excluding carboxylic acids is 1. The maximum Gasteiger partial charge on any atom is 0.264 e. The quantitative estimate of drug-likeness (QED) is 0.809. The third kappa shape index (κ3) is 3.53. The number of aliphatic hydroxyl groups excluding tert-OH is 1. The third-order valence-corrected chi connectivity index (χ3v) is 4.61. The van der Waals surface area contributed by atoms with E-state index in [1.54, 1.807) is 6.07 Å². The van der Waals surface area contributed by atoms with Crippen molar-refractivity contribution in [1.29, 1.82) is 0 Å². The van der Waals surface area contributed by atoms with Crippen LogP contribution in [0.15, 0.2) is 12.1 Å². The first-order valence-corrected chi connectivity index (χ1v) is 8.48. The highest BCUT2D eigenvalue weighted by molar-refractivity contribution is 7.88. The van der Waals surface area contributed by atoms with Gasteiger partial charge in [0.1, 0.15) is 0 Å². The largest absolute Gasteiger partial charge is 0.390 e. The number of nitrogens with zero attached hydrogens (tertiary/aromatic N) is 1. The zero-order valence-electron chi connectivity index (χ0n) is 10.7. The Morgan fingerprint density at radius 1 is 1.47 bits per heavy atom. The Morgan fingerprint density at radius 3 is 2.68 bits per heavy atom. The van der Waals surface area contributed by atoms with Crippen molar-refractivity contribution in [2.75, 3.05) is 19.3 Å². The van der Waals surface area contributed by atoms with E-state index in [2.05, 4.69) is 4.72 Å². The summed E-state index contributed by atoms with van der Waals surface area (Å²) >= 11 is 1.39. The average Bonchev–Trinajstić information content (AvgIpc) is 2.84. The molecule has 0 spiro atoms. The van der Waals surface area contributed by atoms with Gasteiger partial charge in [0, 0.05) is 18.0 Å². The Labute approximate surface area is 116 Å². The third-order valence-electron chi connectivity index (χ3n) is 2.89. The number of thiophene rings is 1. The molecule has 1 aliphatic rings. The van der Waals surface area contributed by atoms with E-state index in [-0.39, 0.29) is 19.0 Å². The number of nitrogens with one attached hydrogen (secondary N) is 1. The molecule has 0 unspecified atom stereocenters. The Kier molecular flexibility index (Phi) is 3.95. The van der Waals surface area contributed by atoms with Crippen LogP contribution in [0.4, 0.5) is 0 Å². The Hall–Kier alpha value is -0.960. The summed E-state index contributed by atoms with van der Waals surface area (Å²) in [6.07, 6.45) is 0.159. The van der Waals surface area contributed by atoms with E-state index in [0.717, 1.165) is 11.1 Å². The first-order valence-electron chi connectivity index (χ1n) is 5.77. The molecule has 1 saturated heterocycles. The van der Waals surface area contributed by atoms with Gasteiger partial charge in [-0.05, 0) is 19.1 Å². The van der Waals surface area contributed by atoms with Gasteiger partial charge in [0.15, 0.2) is 0 Å². The van der Waals surface area contributed by atoms with Gasteiger partial charge in [-0.1, -0.05) is 0 Å². The second-order valence-electron chi connectivity index (χ2n) is 4.68. The van der Waals surface area contributed by atoms with Gasteiger partial charge in [-0.2, -0.15) is 0 Å². The summed E-state index contributed by atoms with van der Waals surface area (Å²) in [5.74, 6) is -0.171. The van der Waals surface area contributed by atoms with Crippen molar-refractivity contribution < 1.29 is 18.3 Å². The highest BCUT2D eigenvalue weighted by Crippen LogP contribution is 2.20. The second kappa shape index (κ2) is 5.20. The fraction of sp³-hybridized carbons (Fsp3) is 0.545. The van der Waals surface area contributed by atoms with Crippen LogP contribution in [0.5, 0.6) is 0 Å². The molecular weight excluding hydrogens is 288 g/mol. The minimum absolute atomic E-state index is 0.142. The molecule has 0 bridgehead atoms. The van der Waals surface area contributed by atoms with Gasteiger partial charge in [0.2, 0.25) is 10.0 Å². The number of aryl methyl sites for hydroxylation is 1. The van der Waals surface area contributed by atoms with Crippen LogP contribution in [0.3, 0.4) is 0 Å². The predicted octanol–water partition coefficient (Wildman–Crippen LogP) is -0.209. The fourth-order valence-corrected chi connectivity index (χ4v) is 3.67. The zero-order chi connectivity index (χ0) is 14.2. The molecular formula is C11H16N2O4S2. The number of likely N-dealkylation sites (tertiary alicyclic amines) is 1. The molecule has 2 atom stereocenters. The lowest BCUT2D eigenvalue weighted by molar-refractivity contribution is 0.0769. The number of carbonyl (C=O) groups is 1. The molecule has 0 saturated carbocycles. The van der Waals surface area contributed by atoms with E-state index < -0.39 is 22.2 Å². The lowest BCUT2D eigenvalue weighted by Gasteiger charge is -2.15. The molecule has 1 aromatic heterocycles. The van der Waals surface area contributed by atoms with Crippen LogP contribution in [-0.4, -0.2) is 55.8 Å². The molecule has 0 aromatic carbocycles. The van der Waals surface area contributed by atoms with Crippen LogP contribution in [-0.2, 0) is 10.0 Å². The van der Waals surface area contributed by atoms with Crippen LogP contribution in [0.25, 0.3) is 0 Å². The second-order valence-corrected chi connectivity index (χ2v) is 7.75. The van der Waals surface area contributed by atoms with Gasteiger partial charge in [-0.25, -0.2) is 13.1 Å². The van der Waals surface area contributed by atoms with Gasteiger partial charge >= 0.3 is 0 Å². The highest BCUT2D eigenvalue weighted by Gasteiger charge is 2.36. The maximum absolute atomic E-state index is 12.2. The molecule has 0 aliphatic carbocycles. The Bertz CT molecular complexity index is 581. The number of amides is 1. The molecule has 0 radical (unpaired) electrons. The minimum Gasteiger partial charge on any atom is -0.390 e. The van der Waals surface area contributed by atoms with E-state index >= 15 is 0 Å². The van der Waals surface area contributed by atoms with Crippen molar-refractivity contribution in [2.45, 2.75) is 19.1 Å². The van der Waals surface area contributed by atoms with Crippen molar-refractivity contribution in [3.8, 4) is 0 Å². The first kappa shape index (κ1) is 14.4. The Morgan fingerprint density at radius 2 is 2.16 bits per heavy atom. The van der Waals surface area contributed by atoms with E-state index in [9.17, 15) is 18.3 Å². The van der Waals surface area contributed by atoms with Crippen molar-refractivity contribution in [3.63, 3.8) is 0 Å². The van der Waals surface area contributed by atoms with Crippen molar-refractivity contribution in [3.05, 3.63) is 21.9 Å². The molecule has 1 amide bonds. The molecule has 6 nitrogen and oxygen atoms in total. The van der Waals surface area contributed by atoms with Crippen LogP contribution < -0.4 is 4.72 Å². The highest BCUT2D eigenvalue weighted by atomic mass is 32.2. The minimum atomic E-state index is -3.40. The molecule has 106 valence electrons. The van der Waals surface area contributed by atoms with Crippen molar-refractivity contribution in [1.82, 2.24) is 9.62 Å². The standard InChI is InChI=1S/C11H16N2O4S2/c1-7-3-4-10(18-7)11(15)13-5-8(9(14)6-13)12-19(2,16)17/h3-4,8-9,12,14H,5-6H2,1-2H3/t8-,9-/m1/s1. The van der Waals surface area contributed by atoms with Crippen LogP contribution in [0, 0.1) is 6.92 Å². The summed E-state index contributed by atoms with van der Waals surface area (Å²) in [6.45, 7) is 2.24. The monoisotopic (exact) mass is 304 g/mol. The van der Waals surface area contributed by atoms with Gasteiger partial charge in [-0.3, -0.25) is 4.79 Å². The van der Waals surface area contributed by atoms with Gasteiger partial charge in [0.25, 0.3) is 5.91 Å². The molecule has 1 aromatic rings. The number of aliphatic hydroxyl groups is 1. The van der Waals surface area contributed by atoms with Gasteiger partial charge in [-0.15, -0.1) is 11.3 Å². The number of sulfonamides is 1. The number of rotatable bonds is 3. The summed E-state index contributed by atoms with van der Waals surface area (Å²) < 4.78 is 24.7. The van der Waals surface area contributed by atoms with Gasteiger partial charge < -0.3 is 10.0 Å². The topological polar surface area (TPSA) is 86.7 Å². The first-order chi connectivity index (χ1) is 8.76. The normalized spacial score (nSPS) is 23.8. The van der Waals surface area contributed by atoms with E-state index in [0.29, 0.717) is 4.88 Å². The summed E-state index contributed by atoms with van der Waals surface area (Å²) in [5.41, 5.74) is 0. The van der Waals surface area contributed by atoms with Crippen LogP contribution in [0.2, 0.25) is 0 Å². The summed E-state index contributed by atoms with van der Waals surface area (Å²) in [4.78, 5) is 15.3. The zero-order valence-corrected chi connectivity index (χ0v) is 12.3. The van der Waals surface area contributed by atoms with Crippen molar-refractivity contribution in [2.24, 2.45) is 0 Å². The maximum atomic E-state index is 12.2. The number of hydrogen-bond donors (Lipinski definition) is 2. The summed E-state index contributed by atoms with van der Waals surface area (Å²) in [5, 5.41) is 9.81. The SMILES string of the molecule is Cc1ccc(C(=O)N2C[C@@H](O)[C@H](NS(C)(=O)=O)C2)s1. The lowest BCUT2D eigenvalue weighted by Crippen LogP contribution is -2.42. The summed E-state index contributed by atoms with van der Waals surface area (Å²) in [6, 6.07) is 2.96.